The van der Waals surface area contributed by atoms with Crippen LogP contribution in [0.15, 0.2) is 0 Å². The molecule has 0 saturated heterocycles. The fourth-order valence-electron chi connectivity index (χ4n) is 0.832. The first-order chi connectivity index (χ1) is 7.70. The average Bonchev–Trinajstić information content (AvgIpc) is 2.27. The van der Waals surface area contributed by atoms with E-state index in [0.29, 0.717) is 26.4 Å². The summed E-state index contributed by atoms with van der Waals surface area (Å²) in [4.78, 5) is 21.8. The SMILES string of the molecule is COCCOCCOCC(=O)CC(=O)OC. The summed E-state index contributed by atoms with van der Waals surface area (Å²) in [7, 11) is 2.82. The maximum absolute atomic E-state index is 11.1. The van der Waals surface area contributed by atoms with Crippen LogP contribution in [0.3, 0.4) is 0 Å². The molecule has 6 nitrogen and oxygen atoms in total. The molecule has 0 aromatic carbocycles. The molecule has 94 valence electrons. The Bertz CT molecular complexity index is 203. The van der Waals surface area contributed by atoms with Crippen LogP contribution in [0, 0.1) is 0 Å². The van der Waals surface area contributed by atoms with Gasteiger partial charge in [-0.25, -0.2) is 0 Å². The van der Waals surface area contributed by atoms with Crippen LogP contribution >= 0.6 is 0 Å². The quantitative estimate of drug-likeness (QED) is 0.296. The van der Waals surface area contributed by atoms with E-state index >= 15 is 0 Å². The molecule has 0 aromatic rings. The largest absolute Gasteiger partial charge is 0.469 e. The molecule has 16 heavy (non-hydrogen) atoms. The van der Waals surface area contributed by atoms with Gasteiger partial charge < -0.3 is 18.9 Å². The van der Waals surface area contributed by atoms with Gasteiger partial charge >= 0.3 is 5.97 Å². The highest BCUT2D eigenvalue weighted by Crippen LogP contribution is 1.89. The fourth-order valence-corrected chi connectivity index (χ4v) is 0.832. The lowest BCUT2D eigenvalue weighted by atomic mass is 10.3. The molecule has 0 aliphatic heterocycles. The summed E-state index contributed by atoms with van der Waals surface area (Å²) in [5, 5.41) is 0. The summed E-state index contributed by atoms with van der Waals surface area (Å²) < 4.78 is 19.2. The number of ether oxygens (including phenoxy) is 4. The van der Waals surface area contributed by atoms with Gasteiger partial charge in [0.05, 0.1) is 33.5 Å². The number of carbonyl (C=O) groups is 2. The molecular weight excluding hydrogens is 216 g/mol. The molecule has 0 saturated carbocycles. The van der Waals surface area contributed by atoms with Crippen LogP contribution in [0.5, 0.6) is 0 Å². The normalized spacial score (nSPS) is 10.1. The van der Waals surface area contributed by atoms with Gasteiger partial charge in [0, 0.05) is 7.11 Å². The first-order valence-corrected chi connectivity index (χ1v) is 4.93. The van der Waals surface area contributed by atoms with Gasteiger partial charge in [-0.3, -0.25) is 9.59 Å². The minimum Gasteiger partial charge on any atom is -0.469 e. The Hall–Kier alpha value is -0.980. The van der Waals surface area contributed by atoms with Crippen molar-refractivity contribution in [3.05, 3.63) is 0 Å². The van der Waals surface area contributed by atoms with Crippen molar-refractivity contribution >= 4 is 11.8 Å². The van der Waals surface area contributed by atoms with Gasteiger partial charge in [-0.05, 0) is 0 Å². The van der Waals surface area contributed by atoms with Gasteiger partial charge in [-0.15, -0.1) is 0 Å². The number of Topliss-reactive ketones (excluding diaryl/α,β-unsaturated/α-hetero) is 1. The molecule has 0 heterocycles. The minimum atomic E-state index is -0.551. The number of hydrogen-bond acceptors (Lipinski definition) is 6. The summed E-state index contributed by atoms with van der Waals surface area (Å²) in [5.74, 6) is -0.853. The van der Waals surface area contributed by atoms with Crippen LogP contribution in [-0.2, 0) is 28.5 Å². The Morgan fingerprint density at radius 2 is 1.56 bits per heavy atom. The average molecular weight is 234 g/mol. The lowest BCUT2D eigenvalue weighted by Gasteiger charge is -2.04. The number of methoxy groups -OCH3 is 2. The predicted octanol–water partition coefficient (Wildman–Crippen LogP) is -0.202. The maximum atomic E-state index is 11.1. The van der Waals surface area contributed by atoms with Gasteiger partial charge in [-0.1, -0.05) is 0 Å². The van der Waals surface area contributed by atoms with Crippen molar-refractivity contribution in [2.45, 2.75) is 6.42 Å². The standard InChI is InChI=1S/C10H18O6/c1-13-3-4-15-5-6-16-8-9(11)7-10(12)14-2/h3-8H2,1-2H3. The molecule has 0 atom stereocenters. The third-order valence-corrected chi connectivity index (χ3v) is 1.64. The van der Waals surface area contributed by atoms with Crippen LogP contribution in [0.2, 0.25) is 0 Å². The molecule has 0 aliphatic rings. The van der Waals surface area contributed by atoms with Gasteiger partial charge in [0.15, 0.2) is 5.78 Å². The van der Waals surface area contributed by atoms with Crippen molar-refractivity contribution in [2.24, 2.45) is 0 Å². The molecule has 0 unspecified atom stereocenters. The highest BCUT2D eigenvalue weighted by atomic mass is 16.5. The molecule has 0 aliphatic carbocycles. The summed E-state index contributed by atoms with van der Waals surface area (Å²) in [5.41, 5.74) is 0. The van der Waals surface area contributed by atoms with E-state index in [2.05, 4.69) is 4.74 Å². The highest BCUT2D eigenvalue weighted by molar-refractivity contribution is 5.96. The van der Waals surface area contributed by atoms with E-state index < -0.39 is 5.97 Å². The Balaban J connectivity index is 3.24. The second-order valence-corrected chi connectivity index (χ2v) is 2.95. The lowest BCUT2D eigenvalue weighted by Crippen LogP contribution is -2.17. The number of carbonyl (C=O) groups excluding carboxylic acids is 2. The van der Waals surface area contributed by atoms with E-state index in [1.165, 1.54) is 7.11 Å². The smallest absolute Gasteiger partial charge is 0.313 e. The highest BCUT2D eigenvalue weighted by Gasteiger charge is 2.08. The van der Waals surface area contributed by atoms with Crippen molar-refractivity contribution in [2.75, 3.05) is 47.3 Å². The number of esters is 1. The Morgan fingerprint density at radius 1 is 0.938 bits per heavy atom. The van der Waals surface area contributed by atoms with Gasteiger partial charge in [-0.2, -0.15) is 0 Å². The van der Waals surface area contributed by atoms with Crippen LogP contribution < -0.4 is 0 Å². The molecule has 0 fully saturated rings. The zero-order chi connectivity index (χ0) is 12.2. The van der Waals surface area contributed by atoms with Crippen molar-refractivity contribution < 1.29 is 28.5 Å². The Kier molecular flexibility index (Phi) is 9.89. The third-order valence-electron chi connectivity index (χ3n) is 1.64. The number of rotatable bonds is 10. The van der Waals surface area contributed by atoms with Crippen molar-refractivity contribution in [3.63, 3.8) is 0 Å². The predicted molar refractivity (Wildman–Crippen MR) is 55.2 cm³/mol. The van der Waals surface area contributed by atoms with E-state index in [1.807, 2.05) is 0 Å². The van der Waals surface area contributed by atoms with Gasteiger partial charge in [0.2, 0.25) is 0 Å². The summed E-state index contributed by atoms with van der Waals surface area (Å²) in [6.07, 6.45) is -0.249. The van der Waals surface area contributed by atoms with Crippen molar-refractivity contribution in [1.29, 1.82) is 0 Å². The molecule has 0 rings (SSSR count). The molecule has 0 amide bonds. The van der Waals surface area contributed by atoms with Crippen LogP contribution in [0.4, 0.5) is 0 Å². The van der Waals surface area contributed by atoms with Crippen molar-refractivity contribution in [3.8, 4) is 0 Å². The van der Waals surface area contributed by atoms with E-state index in [-0.39, 0.29) is 18.8 Å². The second kappa shape index (κ2) is 10.5. The molecular formula is C10H18O6. The zero-order valence-electron chi connectivity index (χ0n) is 9.69. The molecule has 0 radical (unpaired) electrons. The molecule has 6 heteroatoms. The first-order valence-electron chi connectivity index (χ1n) is 4.93. The van der Waals surface area contributed by atoms with Crippen LogP contribution in [0.1, 0.15) is 6.42 Å². The van der Waals surface area contributed by atoms with Gasteiger partial charge in [0.25, 0.3) is 0 Å². The molecule has 0 bridgehead atoms. The Labute approximate surface area is 94.8 Å². The van der Waals surface area contributed by atoms with E-state index in [1.54, 1.807) is 7.11 Å². The number of ketones is 1. The van der Waals surface area contributed by atoms with Gasteiger partial charge in [0.1, 0.15) is 13.0 Å². The summed E-state index contributed by atoms with van der Waals surface area (Å²) in [6.45, 7) is 1.64. The molecule has 0 N–H and O–H groups in total. The van der Waals surface area contributed by atoms with E-state index in [9.17, 15) is 9.59 Å². The summed E-state index contributed by atoms with van der Waals surface area (Å²) in [6, 6.07) is 0. The Morgan fingerprint density at radius 3 is 2.19 bits per heavy atom. The first kappa shape index (κ1) is 15.0. The summed E-state index contributed by atoms with van der Waals surface area (Å²) >= 11 is 0. The van der Waals surface area contributed by atoms with Crippen LogP contribution in [0.25, 0.3) is 0 Å². The maximum Gasteiger partial charge on any atom is 0.313 e. The molecule has 0 aromatic heterocycles. The zero-order valence-corrected chi connectivity index (χ0v) is 9.69. The minimum absolute atomic E-state index is 0.0945. The van der Waals surface area contributed by atoms with Crippen molar-refractivity contribution in [1.82, 2.24) is 0 Å². The molecule has 0 spiro atoms. The van der Waals surface area contributed by atoms with E-state index in [0.717, 1.165) is 0 Å². The number of hydrogen-bond donors (Lipinski definition) is 0. The monoisotopic (exact) mass is 234 g/mol. The van der Waals surface area contributed by atoms with Crippen LogP contribution in [-0.4, -0.2) is 59.0 Å². The third kappa shape index (κ3) is 9.57. The lowest BCUT2D eigenvalue weighted by molar-refractivity contribution is -0.144. The fraction of sp³-hybridized carbons (Fsp3) is 0.800. The topological polar surface area (TPSA) is 71.1 Å². The second-order valence-electron chi connectivity index (χ2n) is 2.95. The van der Waals surface area contributed by atoms with E-state index in [4.69, 9.17) is 14.2 Å².